The molecule has 1 fully saturated rings. The Bertz CT molecular complexity index is 1070. The van der Waals surface area contributed by atoms with Crippen LogP contribution in [0.4, 0.5) is 5.82 Å². The lowest BCUT2D eigenvalue weighted by Gasteiger charge is -2.16. The zero-order valence-corrected chi connectivity index (χ0v) is 16.3. The number of carbonyl (C=O) groups excluding carboxylic acids is 1. The number of anilines is 1. The third-order valence-corrected chi connectivity index (χ3v) is 5.78. The fraction of sp³-hybridized carbons (Fsp3) is 0.250. The van der Waals surface area contributed by atoms with E-state index in [1.807, 2.05) is 55.5 Å². The second kappa shape index (κ2) is 6.92. The molecule has 2 aliphatic rings. The molecule has 0 bridgehead atoms. The van der Waals surface area contributed by atoms with Crippen molar-refractivity contribution < 1.29 is 14.3 Å². The van der Waals surface area contributed by atoms with Crippen LogP contribution in [0.25, 0.3) is 0 Å². The summed E-state index contributed by atoms with van der Waals surface area (Å²) in [5, 5.41) is 3.02. The Balaban J connectivity index is 1.32. The largest absolute Gasteiger partial charge is 0.454 e. The number of nitrogens with one attached hydrogen (secondary N) is 1. The molecule has 0 spiro atoms. The van der Waals surface area contributed by atoms with E-state index in [1.165, 1.54) is 5.56 Å². The second-order valence-electron chi connectivity index (χ2n) is 7.71. The van der Waals surface area contributed by atoms with E-state index >= 15 is 0 Å². The van der Waals surface area contributed by atoms with Crippen LogP contribution in [0.5, 0.6) is 11.5 Å². The summed E-state index contributed by atoms with van der Waals surface area (Å²) >= 11 is 0. The van der Waals surface area contributed by atoms with Gasteiger partial charge in [0.2, 0.25) is 12.7 Å². The first-order valence-corrected chi connectivity index (χ1v) is 9.86. The summed E-state index contributed by atoms with van der Waals surface area (Å²) in [4.78, 5) is 17.7. The Morgan fingerprint density at radius 2 is 1.83 bits per heavy atom. The van der Waals surface area contributed by atoms with Crippen LogP contribution in [0.3, 0.4) is 0 Å². The summed E-state index contributed by atoms with van der Waals surface area (Å²) < 4.78 is 10.8. The summed E-state index contributed by atoms with van der Waals surface area (Å²) in [6, 6.07) is 20.0. The van der Waals surface area contributed by atoms with Crippen LogP contribution in [-0.2, 0) is 16.6 Å². The predicted molar refractivity (Wildman–Crippen MR) is 110 cm³/mol. The molecule has 5 heteroatoms. The van der Waals surface area contributed by atoms with Gasteiger partial charge in [0.05, 0.1) is 5.41 Å². The average molecular weight is 386 g/mol. The summed E-state index contributed by atoms with van der Waals surface area (Å²) in [6.45, 7) is 2.22. The zero-order valence-electron chi connectivity index (χ0n) is 16.3. The Labute approximate surface area is 169 Å². The van der Waals surface area contributed by atoms with Gasteiger partial charge in [-0.2, -0.15) is 0 Å². The van der Waals surface area contributed by atoms with Crippen molar-refractivity contribution in [3.8, 4) is 11.5 Å². The van der Waals surface area contributed by atoms with Gasteiger partial charge in [0.1, 0.15) is 5.82 Å². The van der Waals surface area contributed by atoms with Crippen molar-refractivity contribution in [3.63, 3.8) is 0 Å². The number of pyridine rings is 1. The molecular formula is C24H22N2O3. The second-order valence-corrected chi connectivity index (χ2v) is 7.71. The molecule has 1 saturated carbocycles. The van der Waals surface area contributed by atoms with Gasteiger partial charge in [0, 0.05) is 5.69 Å². The Morgan fingerprint density at radius 3 is 2.59 bits per heavy atom. The van der Waals surface area contributed by atoms with Crippen LogP contribution in [0.15, 0.2) is 60.7 Å². The minimum atomic E-state index is -0.501. The number of carbonyl (C=O) groups is 1. The highest BCUT2D eigenvalue weighted by Crippen LogP contribution is 2.51. The van der Waals surface area contributed by atoms with E-state index in [4.69, 9.17) is 9.47 Å². The normalized spacial score (nSPS) is 15.8. The average Bonchev–Trinajstić information content (AvgIpc) is 3.42. The van der Waals surface area contributed by atoms with Gasteiger partial charge in [0.25, 0.3) is 0 Å². The minimum absolute atomic E-state index is 0.0147. The first kappa shape index (κ1) is 17.7. The van der Waals surface area contributed by atoms with Gasteiger partial charge in [0.15, 0.2) is 11.5 Å². The number of aromatic nitrogens is 1. The first-order chi connectivity index (χ1) is 14.1. The van der Waals surface area contributed by atoms with Crippen molar-refractivity contribution in [2.75, 3.05) is 12.1 Å². The Kier molecular flexibility index (Phi) is 4.23. The third kappa shape index (κ3) is 3.33. The molecule has 1 N–H and O–H groups in total. The predicted octanol–water partition coefficient (Wildman–Crippen LogP) is 4.38. The summed E-state index contributed by atoms with van der Waals surface area (Å²) in [6.07, 6.45) is 2.47. The number of benzene rings is 2. The van der Waals surface area contributed by atoms with Crippen molar-refractivity contribution in [3.05, 3.63) is 83.0 Å². The fourth-order valence-electron chi connectivity index (χ4n) is 3.86. The molecule has 1 aliphatic carbocycles. The maximum absolute atomic E-state index is 13.1. The third-order valence-electron chi connectivity index (χ3n) is 5.78. The number of amides is 1. The molecule has 1 aliphatic heterocycles. The highest BCUT2D eigenvalue weighted by Gasteiger charge is 2.51. The molecule has 0 atom stereocenters. The molecule has 1 amide bonds. The van der Waals surface area contributed by atoms with Crippen molar-refractivity contribution in [1.82, 2.24) is 4.98 Å². The van der Waals surface area contributed by atoms with E-state index < -0.39 is 5.41 Å². The molecule has 2 aromatic carbocycles. The summed E-state index contributed by atoms with van der Waals surface area (Å²) in [5.74, 6) is 2.02. The molecule has 146 valence electrons. The minimum Gasteiger partial charge on any atom is -0.454 e. The van der Waals surface area contributed by atoms with Crippen LogP contribution in [0.1, 0.15) is 35.2 Å². The number of ether oxygens (including phenoxy) is 2. The SMILES string of the molecule is Cc1nc(NC(=O)C2(c3ccc4c(c3)OCO4)CC2)ccc1Cc1ccccc1. The first-order valence-electron chi connectivity index (χ1n) is 9.86. The van der Waals surface area contributed by atoms with Crippen molar-refractivity contribution in [2.24, 2.45) is 0 Å². The topological polar surface area (TPSA) is 60.5 Å². The summed E-state index contributed by atoms with van der Waals surface area (Å²) in [5.41, 5.74) is 3.80. The molecule has 3 aromatic rings. The fourth-order valence-corrected chi connectivity index (χ4v) is 3.86. The van der Waals surface area contributed by atoms with Crippen LogP contribution >= 0.6 is 0 Å². The highest BCUT2D eigenvalue weighted by molar-refractivity contribution is 6.01. The van der Waals surface area contributed by atoms with Crippen molar-refractivity contribution in [2.45, 2.75) is 31.6 Å². The molecule has 5 rings (SSSR count). The molecule has 2 heterocycles. The molecule has 0 unspecified atom stereocenters. The van der Waals surface area contributed by atoms with Crippen molar-refractivity contribution >= 4 is 11.7 Å². The number of nitrogens with zero attached hydrogens (tertiary/aromatic N) is 1. The smallest absolute Gasteiger partial charge is 0.236 e. The highest BCUT2D eigenvalue weighted by atomic mass is 16.7. The maximum atomic E-state index is 13.1. The Hall–Kier alpha value is -3.34. The van der Waals surface area contributed by atoms with E-state index in [9.17, 15) is 4.79 Å². The maximum Gasteiger partial charge on any atom is 0.236 e. The standard InChI is InChI=1S/C24H22N2O3/c1-16-18(13-17-5-3-2-4-6-17)7-10-22(25-16)26-23(27)24(11-12-24)19-8-9-20-21(14-19)29-15-28-20/h2-10,14H,11-13,15H2,1H3,(H,25,26,27). The molecule has 1 aromatic heterocycles. The van der Waals surface area contributed by atoms with Crippen LogP contribution < -0.4 is 14.8 Å². The van der Waals surface area contributed by atoms with Gasteiger partial charge in [-0.1, -0.05) is 42.5 Å². The number of hydrogen-bond acceptors (Lipinski definition) is 4. The number of hydrogen-bond donors (Lipinski definition) is 1. The molecule has 0 saturated heterocycles. The number of fused-ring (bicyclic) bond motifs is 1. The lowest BCUT2D eigenvalue weighted by Crippen LogP contribution is -2.28. The van der Waals surface area contributed by atoms with E-state index in [0.29, 0.717) is 11.6 Å². The lowest BCUT2D eigenvalue weighted by atomic mass is 9.94. The lowest BCUT2D eigenvalue weighted by molar-refractivity contribution is -0.118. The monoisotopic (exact) mass is 386 g/mol. The van der Waals surface area contributed by atoms with E-state index in [1.54, 1.807) is 0 Å². The van der Waals surface area contributed by atoms with Gasteiger partial charge in [-0.3, -0.25) is 4.79 Å². The molecule has 5 nitrogen and oxygen atoms in total. The Morgan fingerprint density at radius 1 is 1.03 bits per heavy atom. The van der Waals surface area contributed by atoms with Gasteiger partial charge >= 0.3 is 0 Å². The molecule has 29 heavy (non-hydrogen) atoms. The molecular weight excluding hydrogens is 364 g/mol. The van der Waals surface area contributed by atoms with E-state index in [0.717, 1.165) is 41.8 Å². The van der Waals surface area contributed by atoms with Crippen LogP contribution in [0.2, 0.25) is 0 Å². The quantitative estimate of drug-likeness (QED) is 0.707. The molecule has 0 radical (unpaired) electrons. The van der Waals surface area contributed by atoms with Gasteiger partial charge in [-0.15, -0.1) is 0 Å². The van der Waals surface area contributed by atoms with Gasteiger partial charge in [-0.25, -0.2) is 4.98 Å². The zero-order chi connectivity index (χ0) is 19.8. The van der Waals surface area contributed by atoms with Gasteiger partial charge in [-0.05, 0) is 61.1 Å². The van der Waals surface area contributed by atoms with Crippen molar-refractivity contribution in [1.29, 1.82) is 0 Å². The van der Waals surface area contributed by atoms with Gasteiger partial charge < -0.3 is 14.8 Å². The number of aryl methyl sites for hydroxylation is 1. The van der Waals surface area contributed by atoms with E-state index in [-0.39, 0.29) is 12.7 Å². The van der Waals surface area contributed by atoms with Crippen LogP contribution in [0, 0.1) is 6.92 Å². The number of rotatable bonds is 5. The summed E-state index contributed by atoms with van der Waals surface area (Å²) in [7, 11) is 0. The van der Waals surface area contributed by atoms with Crippen LogP contribution in [-0.4, -0.2) is 17.7 Å². The van der Waals surface area contributed by atoms with E-state index in [2.05, 4.69) is 22.4 Å².